The number of amides is 1. The molecule has 2 aromatic carbocycles. The van der Waals surface area contributed by atoms with Crippen LogP contribution in [-0.4, -0.2) is 62.2 Å². The average Bonchev–Trinajstić information content (AvgIpc) is 3.23. The number of nitrogens with zero attached hydrogens (tertiary/aromatic N) is 1. The van der Waals surface area contributed by atoms with Crippen molar-refractivity contribution in [2.24, 2.45) is 0 Å². The van der Waals surface area contributed by atoms with Crippen LogP contribution in [-0.2, 0) is 41.7 Å². The summed E-state index contributed by atoms with van der Waals surface area (Å²) < 4.78 is 72.1. The number of alkyl halides is 3. The Morgan fingerprint density at radius 2 is 1.90 bits per heavy atom. The third-order valence-corrected chi connectivity index (χ3v) is 6.89. The zero-order valence-corrected chi connectivity index (χ0v) is 23.0. The maximum Gasteiger partial charge on any atom is 0.573 e. The van der Waals surface area contributed by atoms with Crippen molar-refractivity contribution in [2.75, 3.05) is 20.3 Å². The number of hydrogen-bond acceptors (Lipinski definition) is 8. The molecular formula is C29H33F3N2O7. The van der Waals surface area contributed by atoms with Crippen molar-refractivity contribution >= 4 is 5.91 Å². The molecule has 222 valence electrons. The fourth-order valence-electron chi connectivity index (χ4n) is 5.14. The lowest BCUT2D eigenvalue weighted by atomic mass is 9.78. The molecule has 41 heavy (non-hydrogen) atoms. The van der Waals surface area contributed by atoms with Crippen LogP contribution in [0.2, 0.25) is 0 Å². The number of halogens is 3. The number of fused-ring (bicyclic) bond motifs is 1. The van der Waals surface area contributed by atoms with Crippen molar-refractivity contribution in [3.8, 4) is 11.8 Å². The zero-order valence-electron chi connectivity index (χ0n) is 23.0. The van der Waals surface area contributed by atoms with Gasteiger partial charge in [0.25, 0.3) is 5.91 Å². The smallest absolute Gasteiger partial charge is 0.406 e. The Morgan fingerprint density at radius 1 is 1.12 bits per heavy atom. The van der Waals surface area contributed by atoms with E-state index in [1.54, 1.807) is 44.2 Å². The van der Waals surface area contributed by atoms with Gasteiger partial charge >= 0.3 is 6.36 Å². The Bertz CT molecular complexity index is 1250. The van der Waals surface area contributed by atoms with Crippen LogP contribution < -0.4 is 10.1 Å². The zero-order chi connectivity index (χ0) is 29.7. The Morgan fingerprint density at radius 3 is 2.63 bits per heavy atom. The molecule has 0 spiro atoms. The Kier molecular flexibility index (Phi) is 9.56. The summed E-state index contributed by atoms with van der Waals surface area (Å²) in [6, 6.07) is 14.6. The van der Waals surface area contributed by atoms with Crippen molar-refractivity contribution in [1.82, 2.24) is 5.32 Å². The van der Waals surface area contributed by atoms with Crippen molar-refractivity contribution in [1.29, 1.82) is 5.26 Å². The van der Waals surface area contributed by atoms with Gasteiger partial charge in [0.15, 0.2) is 11.4 Å². The number of rotatable bonds is 11. The summed E-state index contributed by atoms with van der Waals surface area (Å²) in [6.45, 7) is 3.94. The number of methoxy groups -OCH3 is 1. The quantitative estimate of drug-likeness (QED) is 0.392. The minimum absolute atomic E-state index is 0.0212. The highest BCUT2D eigenvalue weighted by Gasteiger charge is 2.58. The van der Waals surface area contributed by atoms with Crippen LogP contribution in [0.15, 0.2) is 48.5 Å². The summed E-state index contributed by atoms with van der Waals surface area (Å²) >= 11 is 0. The predicted octanol–water partition coefficient (Wildman–Crippen LogP) is 4.37. The van der Waals surface area contributed by atoms with Gasteiger partial charge in [-0.05, 0) is 43.2 Å². The van der Waals surface area contributed by atoms with Gasteiger partial charge in [0.05, 0.1) is 43.7 Å². The van der Waals surface area contributed by atoms with Crippen molar-refractivity contribution in [2.45, 2.75) is 76.0 Å². The fourth-order valence-corrected chi connectivity index (χ4v) is 5.14. The standard InChI is InChI=1S/C29H33F3N2O7/c1-27(2)40-24-15-28(26(35)34-11-12-36-3,38-18-21-9-5-4-8-20(21)16-33)14-23(25(24)41-27)37-17-19-7-6-10-22(13-19)39-29(30,31)32/h4-10,13,23-25H,11-12,14-15,17-18H2,1-3H3,(H,34,35)/t23?,24-,25+,28-/m1/s1. The highest BCUT2D eigenvalue weighted by molar-refractivity contribution is 5.85. The molecule has 4 atom stereocenters. The lowest BCUT2D eigenvalue weighted by Gasteiger charge is -2.43. The fraction of sp³-hybridized carbons (Fsp3) is 0.517. The highest BCUT2D eigenvalue weighted by Crippen LogP contribution is 2.44. The van der Waals surface area contributed by atoms with Gasteiger partial charge in [0, 0.05) is 26.5 Å². The molecule has 0 radical (unpaired) electrons. The molecule has 2 aromatic rings. The first kappa shape index (κ1) is 30.7. The van der Waals surface area contributed by atoms with E-state index in [-0.39, 0.29) is 45.0 Å². The van der Waals surface area contributed by atoms with E-state index in [1.165, 1.54) is 25.3 Å². The van der Waals surface area contributed by atoms with Gasteiger partial charge in [0.2, 0.25) is 0 Å². The van der Waals surface area contributed by atoms with E-state index in [1.807, 2.05) is 0 Å². The van der Waals surface area contributed by atoms with Gasteiger partial charge in [-0.25, -0.2) is 0 Å². The van der Waals surface area contributed by atoms with Gasteiger partial charge in [0.1, 0.15) is 11.9 Å². The molecule has 2 aliphatic rings. The summed E-state index contributed by atoms with van der Waals surface area (Å²) in [5.41, 5.74) is 0.0502. The minimum Gasteiger partial charge on any atom is -0.406 e. The molecule has 1 heterocycles. The number of nitriles is 1. The topological polar surface area (TPSA) is 108 Å². The lowest BCUT2D eigenvalue weighted by Crippen LogP contribution is -2.60. The van der Waals surface area contributed by atoms with Crippen molar-refractivity contribution in [3.63, 3.8) is 0 Å². The first-order chi connectivity index (χ1) is 19.4. The van der Waals surface area contributed by atoms with E-state index in [9.17, 15) is 23.2 Å². The normalized spacial score (nSPS) is 25.2. The van der Waals surface area contributed by atoms with Gasteiger partial charge in [-0.2, -0.15) is 5.26 Å². The van der Waals surface area contributed by atoms with Crippen molar-refractivity contribution < 1.29 is 46.4 Å². The van der Waals surface area contributed by atoms with Gasteiger partial charge in [-0.3, -0.25) is 4.79 Å². The van der Waals surface area contributed by atoms with Gasteiger partial charge < -0.3 is 33.7 Å². The summed E-state index contributed by atoms with van der Waals surface area (Å²) in [5.74, 6) is -1.73. The summed E-state index contributed by atoms with van der Waals surface area (Å²) in [5, 5.41) is 12.4. The molecule has 1 saturated heterocycles. The molecule has 1 saturated carbocycles. The molecule has 4 rings (SSSR count). The molecular weight excluding hydrogens is 545 g/mol. The number of hydrogen-bond donors (Lipinski definition) is 1. The first-order valence-corrected chi connectivity index (χ1v) is 13.1. The molecule has 1 aliphatic heterocycles. The maximum absolute atomic E-state index is 13.7. The van der Waals surface area contributed by atoms with E-state index in [0.717, 1.165) is 0 Å². The van der Waals surface area contributed by atoms with Crippen LogP contribution in [0.4, 0.5) is 13.2 Å². The number of carbonyl (C=O) groups is 1. The van der Waals surface area contributed by atoms with E-state index in [4.69, 9.17) is 23.7 Å². The number of carbonyl (C=O) groups excluding carboxylic acids is 1. The van der Waals surface area contributed by atoms with E-state index in [2.05, 4.69) is 16.1 Å². The maximum atomic E-state index is 13.7. The molecule has 0 bridgehead atoms. The molecule has 12 heteroatoms. The molecule has 9 nitrogen and oxygen atoms in total. The third kappa shape index (κ3) is 7.96. The van der Waals surface area contributed by atoms with Gasteiger partial charge in [-0.1, -0.05) is 30.3 Å². The molecule has 1 N–H and O–H groups in total. The SMILES string of the molecule is COCCNC(=O)[C@@]1(OCc2ccccc2C#N)CC(OCc2cccc(OC(F)(F)F)c2)[C@@H]2OC(C)(C)O[C@@H]2C1. The van der Waals surface area contributed by atoms with Crippen LogP contribution in [0.3, 0.4) is 0 Å². The molecule has 1 amide bonds. The highest BCUT2D eigenvalue weighted by atomic mass is 19.4. The van der Waals surface area contributed by atoms with Crippen molar-refractivity contribution in [3.05, 3.63) is 65.2 Å². The average molecular weight is 579 g/mol. The minimum atomic E-state index is -4.83. The van der Waals surface area contributed by atoms with E-state index in [0.29, 0.717) is 16.7 Å². The van der Waals surface area contributed by atoms with E-state index >= 15 is 0 Å². The second-order valence-electron chi connectivity index (χ2n) is 10.4. The van der Waals surface area contributed by atoms with Crippen LogP contribution in [0.5, 0.6) is 5.75 Å². The monoisotopic (exact) mass is 578 g/mol. The van der Waals surface area contributed by atoms with Crippen LogP contribution in [0.1, 0.15) is 43.4 Å². The largest absolute Gasteiger partial charge is 0.573 e. The predicted molar refractivity (Wildman–Crippen MR) is 138 cm³/mol. The first-order valence-electron chi connectivity index (χ1n) is 13.1. The van der Waals surface area contributed by atoms with Crippen LogP contribution in [0, 0.1) is 11.3 Å². The number of nitrogens with one attached hydrogen (secondary N) is 1. The van der Waals surface area contributed by atoms with Crippen LogP contribution >= 0.6 is 0 Å². The molecule has 1 aliphatic carbocycles. The molecule has 1 unspecified atom stereocenters. The lowest BCUT2D eigenvalue weighted by molar-refractivity contribution is -0.274. The second-order valence-corrected chi connectivity index (χ2v) is 10.4. The Hall–Kier alpha value is -3.21. The number of ether oxygens (including phenoxy) is 6. The Balaban J connectivity index is 1.60. The summed E-state index contributed by atoms with van der Waals surface area (Å²) in [6.07, 6.45) is -6.46. The molecule has 2 fully saturated rings. The number of benzene rings is 2. The van der Waals surface area contributed by atoms with Gasteiger partial charge in [-0.15, -0.1) is 13.2 Å². The van der Waals surface area contributed by atoms with E-state index < -0.39 is 42.0 Å². The Labute approximate surface area is 236 Å². The van der Waals surface area contributed by atoms with Crippen LogP contribution in [0.25, 0.3) is 0 Å². The third-order valence-electron chi connectivity index (χ3n) is 6.89. The molecule has 0 aromatic heterocycles. The summed E-state index contributed by atoms with van der Waals surface area (Å²) in [7, 11) is 1.52. The second kappa shape index (κ2) is 12.8. The summed E-state index contributed by atoms with van der Waals surface area (Å²) in [4.78, 5) is 13.7.